The van der Waals surface area contributed by atoms with E-state index in [2.05, 4.69) is 29.2 Å². The Bertz CT molecular complexity index is 763. The first-order valence-corrected chi connectivity index (χ1v) is 9.05. The molecule has 1 fully saturated rings. The highest BCUT2D eigenvalue weighted by Gasteiger charge is 2.22. The molecule has 0 unspecified atom stereocenters. The Morgan fingerprint density at radius 2 is 1.81 bits per heavy atom. The Morgan fingerprint density at radius 1 is 1.08 bits per heavy atom. The van der Waals surface area contributed by atoms with Gasteiger partial charge in [0.1, 0.15) is 5.75 Å². The second-order valence-electron chi connectivity index (χ2n) is 6.59. The standard InChI is InChI=1S/C22H26N2O2/c1-18-10-11-20(17-21(18)26-2)22(25)24-15-13-23(14-16-24)12-6-9-19-7-4-3-5-8-19/h3-11,17H,12-16H2,1-2H3/b9-6+. The molecule has 2 aromatic carbocycles. The van der Waals surface area contributed by atoms with E-state index in [9.17, 15) is 4.79 Å². The molecule has 0 radical (unpaired) electrons. The van der Waals surface area contributed by atoms with E-state index in [1.54, 1.807) is 7.11 Å². The van der Waals surface area contributed by atoms with Crippen molar-refractivity contribution in [2.75, 3.05) is 39.8 Å². The minimum absolute atomic E-state index is 0.0859. The zero-order chi connectivity index (χ0) is 18.4. The Labute approximate surface area is 155 Å². The van der Waals surface area contributed by atoms with Gasteiger partial charge in [-0.05, 0) is 30.2 Å². The number of nitrogens with zero attached hydrogens (tertiary/aromatic N) is 2. The second kappa shape index (κ2) is 8.68. The Kier molecular flexibility index (Phi) is 6.08. The van der Waals surface area contributed by atoms with Gasteiger partial charge in [-0.2, -0.15) is 0 Å². The summed E-state index contributed by atoms with van der Waals surface area (Å²) in [6.07, 6.45) is 4.34. The summed E-state index contributed by atoms with van der Waals surface area (Å²) in [4.78, 5) is 17.0. The van der Waals surface area contributed by atoms with Gasteiger partial charge in [0.15, 0.2) is 0 Å². The summed E-state index contributed by atoms with van der Waals surface area (Å²) in [6.45, 7) is 6.20. The van der Waals surface area contributed by atoms with E-state index >= 15 is 0 Å². The smallest absolute Gasteiger partial charge is 0.254 e. The lowest BCUT2D eigenvalue weighted by Gasteiger charge is -2.34. The molecule has 0 bridgehead atoms. The number of aryl methyl sites for hydroxylation is 1. The average molecular weight is 350 g/mol. The quantitative estimate of drug-likeness (QED) is 0.828. The molecule has 0 aromatic heterocycles. The summed E-state index contributed by atoms with van der Waals surface area (Å²) < 4.78 is 5.33. The molecule has 0 aliphatic carbocycles. The van der Waals surface area contributed by atoms with Crippen molar-refractivity contribution < 1.29 is 9.53 Å². The molecule has 2 aromatic rings. The Hall–Kier alpha value is -2.59. The number of piperazine rings is 1. The molecular weight excluding hydrogens is 324 g/mol. The molecule has 1 aliphatic rings. The average Bonchev–Trinajstić information content (AvgIpc) is 2.69. The van der Waals surface area contributed by atoms with Crippen LogP contribution in [0.1, 0.15) is 21.5 Å². The molecule has 4 nitrogen and oxygen atoms in total. The maximum absolute atomic E-state index is 12.7. The third kappa shape index (κ3) is 4.52. The van der Waals surface area contributed by atoms with Gasteiger partial charge in [-0.25, -0.2) is 0 Å². The van der Waals surface area contributed by atoms with Crippen molar-refractivity contribution in [1.29, 1.82) is 0 Å². The summed E-state index contributed by atoms with van der Waals surface area (Å²) in [7, 11) is 1.64. The molecular formula is C22H26N2O2. The van der Waals surface area contributed by atoms with E-state index in [0.29, 0.717) is 5.56 Å². The lowest BCUT2D eigenvalue weighted by molar-refractivity contribution is 0.0650. The number of rotatable bonds is 5. The number of amides is 1. The fourth-order valence-corrected chi connectivity index (χ4v) is 3.17. The van der Waals surface area contributed by atoms with Crippen molar-refractivity contribution in [1.82, 2.24) is 9.80 Å². The first kappa shape index (κ1) is 18.2. The molecule has 0 saturated carbocycles. The fraction of sp³-hybridized carbons (Fsp3) is 0.318. The minimum atomic E-state index is 0.0859. The number of hydrogen-bond donors (Lipinski definition) is 0. The highest BCUT2D eigenvalue weighted by atomic mass is 16.5. The number of ether oxygens (including phenoxy) is 1. The second-order valence-corrected chi connectivity index (χ2v) is 6.59. The van der Waals surface area contributed by atoms with Crippen LogP contribution in [0.5, 0.6) is 5.75 Å². The zero-order valence-electron chi connectivity index (χ0n) is 15.5. The van der Waals surface area contributed by atoms with Crippen molar-refractivity contribution in [3.63, 3.8) is 0 Å². The van der Waals surface area contributed by atoms with E-state index < -0.39 is 0 Å². The summed E-state index contributed by atoms with van der Waals surface area (Å²) in [5.74, 6) is 0.850. The highest BCUT2D eigenvalue weighted by molar-refractivity contribution is 5.94. The van der Waals surface area contributed by atoms with Crippen LogP contribution in [0.3, 0.4) is 0 Å². The van der Waals surface area contributed by atoms with Gasteiger partial charge in [0.25, 0.3) is 5.91 Å². The van der Waals surface area contributed by atoms with Crippen LogP contribution in [0, 0.1) is 6.92 Å². The molecule has 0 atom stereocenters. The van der Waals surface area contributed by atoms with Crippen LogP contribution in [-0.4, -0.2) is 55.5 Å². The largest absolute Gasteiger partial charge is 0.496 e. The first-order valence-electron chi connectivity index (χ1n) is 9.05. The highest BCUT2D eigenvalue weighted by Crippen LogP contribution is 2.20. The van der Waals surface area contributed by atoms with Crippen molar-refractivity contribution in [2.45, 2.75) is 6.92 Å². The first-order chi connectivity index (χ1) is 12.7. The summed E-state index contributed by atoms with van der Waals surface area (Å²) in [5, 5.41) is 0. The molecule has 1 amide bonds. The third-order valence-corrected chi connectivity index (χ3v) is 4.79. The molecule has 1 heterocycles. The van der Waals surface area contributed by atoms with Crippen molar-refractivity contribution in [3.05, 3.63) is 71.3 Å². The summed E-state index contributed by atoms with van der Waals surface area (Å²) in [5.41, 5.74) is 2.96. The van der Waals surface area contributed by atoms with Crippen molar-refractivity contribution in [2.24, 2.45) is 0 Å². The maximum Gasteiger partial charge on any atom is 0.254 e. The van der Waals surface area contributed by atoms with Gasteiger partial charge in [-0.3, -0.25) is 9.69 Å². The number of methoxy groups -OCH3 is 1. The summed E-state index contributed by atoms with van der Waals surface area (Å²) >= 11 is 0. The van der Waals surface area contributed by atoms with Crippen LogP contribution in [0.2, 0.25) is 0 Å². The number of benzene rings is 2. The van der Waals surface area contributed by atoms with Crippen LogP contribution >= 0.6 is 0 Å². The van der Waals surface area contributed by atoms with E-state index in [1.807, 2.05) is 48.2 Å². The van der Waals surface area contributed by atoms with Gasteiger partial charge in [-0.15, -0.1) is 0 Å². The van der Waals surface area contributed by atoms with Gasteiger partial charge < -0.3 is 9.64 Å². The normalized spacial score (nSPS) is 15.4. The van der Waals surface area contributed by atoms with E-state index in [1.165, 1.54) is 5.56 Å². The minimum Gasteiger partial charge on any atom is -0.496 e. The van der Waals surface area contributed by atoms with Gasteiger partial charge in [0.2, 0.25) is 0 Å². The lowest BCUT2D eigenvalue weighted by Crippen LogP contribution is -2.48. The monoisotopic (exact) mass is 350 g/mol. The van der Waals surface area contributed by atoms with Crippen LogP contribution in [-0.2, 0) is 0 Å². The number of hydrogen-bond acceptors (Lipinski definition) is 3. The third-order valence-electron chi connectivity index (χ3n) is 4.79. The summed E-state index contributed by atoms with van der Waals surface area (Å²) in [6, 6.07) is 16.0. The molecule has 0 spiro atoms. The molecule has 136 valence electrons. The number of carbonyl (C=O) groups is 1. The predicted octanol–water partition coefficient (Wildman–Crippen LogP) is 3.47. The van der Waals surface area contributed by atoms with Crippen molar-refractivity contribution in [3.8, 4) is 5.75 Å². The van der Waals surface area contributed by atoms with E-state index in [0.717, 1.165) is 44.0 Å². The Balaban J connectivity index is 1.51. The Morgan fingerprint density at radius 3 is 2.50 bits per heavy atom. The zero-order valence-corrected chi connectivity index (χ0v) is 15.5. The molecule has 26 heavy (non-hydrogen) atoms. The van der Waals surface area contributed by atoms with E-state index in [-0.39, 0.29) is 5.91 Å². The molecule has 1 aliphatic heterocycles. The van der Waals surface area contributed by atoms with Crippen LogP contribution in [0.25, 0.3) is 6.08 Å². The van der Waals surface area contributed by atoms with Crippen molar-refractivity contribution >= 4 is 12.0 Å². The van der Waals surface area contributed by atoms with Gasteiger partial charge in [-0.1, -0.05) is 48.6 Å². The lowest BCUT2D eigenvalue weighted by atomic mass is 10.1. The van der Waals surface area contributed by atoms with Gasteiger partial charge in [0, 0.05) is 38.3 Å². The van der Waals surface area contributed by atoms with Gasteiger partial charge in [0.05, 0.1) is 7.11 Å². The molecule has 0 N–H and O–H groups in total. The van der Waals surface area contributed by atoms with E-state index in [4.69, 9.17) is 4.74 Å². The van der Waals surface area contributed by atoms with Crippen LogP contribution in [0.15, 0.2) is 54.6 Å². The van der Waals surface area contributed by atoms with Crippen LogP contribution in [0.4, 0.5) is 0 Å². The molecule has 3 rings (SSSR count). The fourth-order valence-electron chi connectivity index (χ4n) is 3.17. The van der Waals surface area contributed by atoms with Crippen LogP contribution < -0.4 is 4.74 Å². The molecule has 1 saturated heterocycles. The SMILES string of the molecule is COc1cc(C(=O)N2CCN(C/C=C/c3ccccc3)CC2)ccc1C. The number of carbonyl (C=O) groups excluding carboxylic acids is 1. The predicted molar refractivity (Wildman–Crippen MR) is 106 cm³/mol. The maximum atomic E-state index is 12.7. The topological polar surface area (TPSA) is 32.8 Å². The van der Waals surface area contributed by atoms with Gasteiger partial charge >= 0.3 is 0 Å². The molecule has 4 heteroatoms.